The normalized spacial score (nSPS) is 17.3. The van der Waals surface area contributed by atoms with Gasteiger partial charge in [-0.05, 0) is 68.1 Å². The molecule has 4 amide bonds. The van der Waals surface area contributed by atoms with Crippen LogP contribution in [0.25, 0.3) is 11.1 Å². The Morgan fingerprint density at radius 1 is 0.769 bits per heavy atom. The van der Waals surface area contributed by atoms with Crippen molar-refractivity contribution in [1.29, 1.82) is 0 Å². The smallest absolute Gasteiger partial charge is 0.326 e. The number of carbonyl (C=O) groups excluding carboxylic acids is 6. The molecule has 0 saturated heterocycles. The highest BCUT2D eigenvalue weighted by Gasteiger charge is 2.34. The van der Waals surface area contributed by atoms with Crippen LogP contribution in [0.1, 0.15) is 160 Å². The monoisotopic (exact) mass is 906 g/mol. The number of likely N-dealkylation sites (N-methyl/N-ethyl adjacent to an activating group) is 2. The Labute approximate surface area is 385 Å². The van der Waals surface area contributed by atoms with Gasteiger partial charge >= 0.3 is 5.97 Å². The highest BCUT2D eigenvalue weighted by Crippen LogP contribution is 2.39. The summed E-state index contributed by atoms with van der Waals surface area (Å²) in [5, 5.41) is 36.8. The molecule has 2 aromatic rings. The molecular weight excluding hydrogens is 831 g/mol. The molecule has 5 atom stereocenters. The minimum atomic E-state index is -1.36. The number of carboxylic acid groups (broad SMARTS) is 1. The first kappa shape index (κ1) is 54.0. The van der Waals surface area contributed by atoms with Crippen molar-refractivity contribution in [3.05, 3.63) is 47.5 Å². The van der Waals surface area contributed by atoms with E-state index in [1.165, 1.54) is 120 Å². The predicted molar refractivity (Wildman–Crippen MR) is 250 cm³/mol. The van der Waals surface area contributed by atoms with Crippen LogP contribution in [0.3, 0.4) is 0 Å². The largest absolute Gasteiger partial charge is 0.507 e. The molecule has 65 heavy (non-hydrogen) atoms. The van der Waals surface area contributed by atoms with Crippen LogP contribution in [0.15, 0.2) is 36.4 Å². The van der Waals surface area contributed by atoms with Crippen LogP contribution < -0.4 is 16.4 Å². The van der Waals surface area contributed by atoms with E-state index in [0.717, 1.165) is 30.6 Å². The summed E-state index contributed by atoms with van der Waals surface area (Å²) in [6.45, 7) is 5.53. The summed E-state index contributed by atoms with van der Waals surface area (Å²) in [5.41, 5.74) is 6.74. The van der Waals surface area contributed by atoms with Crippen LogP contribution in [0.2, 0.25) is 0 Å². The second-order valence-electron chi connectivity index (χ2n) is 17.9. The van der Waals surface area contributed by atoms with E-state index in [2.05, 4.69) is 17.6 Å². The summed E-state index contributed by atoms with van der Waals surface area (Å²) >= 11 is 0. The van der Waals surface area contributed by atoms with Gasteiger partial charge in [0, 0.05) is 63.2 Å². The van der Waals surface area contributed by atoms with Crippen LogP contribution in [-0.4, -0.2) is 105 Å². The number of rotatable bonds is 26. The van der Waals surface area contributed by atoms with Crippen molar-refractivity contribution in [2.75, 3.05) is 20.6 Å². The van der Waals surface area contributed by atoms with Gasteiger partial charge in [-0.1, -0.05) is 103 Å². The van der Waals surface area contributed by atoms with Gasteiger partial charge in [0.25, 0.3) is 0 Å². The number of fused-ring (bicyclic) bond motifs is 5. The number of nitrogens with one attached hydrogen (secondary N) is 2. The van der Waals surface area contributed by atoms with E-state index in [1.54, 1.807) is 7.05 Å². The van der Waals surface area contributed by atoms with Crippen LogP contribution in [0.5, 0.6) is 11.5 Å². The Hall–Kier alpha value is -5.31. The molecule has 15 heteroatoms. The minimum Gasteiger partial charge on any atom is -0.507 e. The van der Waals surface area contributed by atoms with Gasteiger partial charge in [0.1, 0.15) is 29.6 Å². The first-order valence-electron chi connectivity index (χ1n) is 23.8. The van der Waals surface area contributed by atoms with Crippen LogP contribution in [0, 0.1) is 5.92 Å². The molecule has 360 valence electrons. The number of nitrogens with two attached hydrogens (primary N) is 1. The van der Waals surface area contributed by atoms with Gasteiger partial charge in [-0.3, -0.25) is 28.8 Å². The Kier molecular flexibility index (Phi) is 23.2. The number of hydrogen-bond acceptors (Lipinski definition) is 10. The van der Waals surface area contributed by atoms with Gasteiger partial charge in [-0.25, -0.2) is 4.79 Å². The maximum absolute atomic E-state index is 14.1. The number of unbranched alkanes of at least 4 members (excludes halogenated alkanes) is 12. The van der Waals surface area contributed by atoms with E-state index < -0.39 is 65.3 Å². The molecule has 1 aliphatic heterocycles. The molecule has 3 rings (SSSR count). The highest BCUT2D eigenvalue weighted by atomic mass is 16.4. The van der Waals surface area contributed by atoms with Crippen molar-refractivity contribution < 1.29 is 48.9 Å². The molecule has 1 heterocycles. The lowest BCUT2D eigenvalue weighted by Gasteiger charge is -2.30. The van der Waals surface area contributed by atoms with Crippen molar-refractivity contribution >= 4 is 41.2 Å². The van der Waals surface area contributed by atoms with E-state index in [4.69, 9.17) is 5.73 Å². The number of nitrogens with zero attached hydrogens (tertiary/aromatic N) is 2. The first-order chi connectivity index (χ1) is 31.0. The number of Topliss-reactive ketones (excluding diaryl/α,β-unsaturated/α-hetero) is 2. The molecule has 0 spiro atoms. The molecule has 15 nitrogen and oxygen atoms in total. The van der Waals surface area contributed by atoms with Gasteiger partial charge in [-0.15, -0.1) is 0 Å². The zero-order valence-corrected chi connectivity index (χ0v) is 39.4. The third-order valence-electron chi connectivity index (χ3n) is 12.5. The number of benzene rings is 2. The fourth-order valence-electron chi connectivity index (χ4n) is 8.36. The van der Waals surface area contributed by atoms with Crippen molar-refractivity contribution in [2.24, 2.45) is 11.7 Å². The fraction of sp³-hybridized carbons (Fsp3) is 0.620. The second-order valence-corrected chi connectivity index (χ2v) is 17.9. The van der Waals surface area contributed by atoms with Crippen LogP contribution in [0.4, 0.5) is 0 Å². The maximum Gasteiger partial charge on any atom is 0.326 e. The zero-order chi connectivity index (χ0) is 48.1. The topological polar surface area (TPSA) is 237 Å². The summed E-state index contributed by atoms with van der Waals surface area (Å²) in [6, 6.07) is 4.06. The lowest BCUT2D eigenvalue weighted by Crippen LogP contribution is -2.51. The molecule has 0 radical (unpaired) electrons. The quantitative estimate of drug-likeness (QED) is 0.0532. The number of amides is 4. The number of phenolic OH excluding ortho intramolecular Hbond substituents is 2. The number of carbonyl (C=O) groups is 7. The number of phenols is 2. The molecule has 0 aliphatic carbocycles. The third-order valence-corrected chi connectivity index (χ3v) is 12.5. The number of carboxylic acids is 1. The molecule has 4 bridgehead atoms. The predicted octanol–water partition coefficient (Wildman–Crippen LogP) is 6.89. The van der Waals surface area contributed by atoms with Gasteiger partial charge in [-0.2, -0.15) is 0 Å². The summed E-state index contributed by atoms with van der Waals surface area (Å²) in [7, 11) is 2.97. The average Bonchev–Trinajstić information content (AvgIpc) is 3.27. The zero-order valence-electron chi connectivity index (χ0n) is 39.4. The maximum atomic E-state index is 14.1. The summed E-state index contributed by atoms with van der Waals surface area (Å²) in [4.78, 5) is 96.0. The number of ketones is 2. The van der Waals surface area contributed by atoms with Gasteiger partial charge in [0.2, 0.25) is 23.6 Å². The number of aliphatic carboxylic acids is 1. The molecule has 7 N–H and O–H groups in total. The Morgan fingerprint density at radius 2 is 1.34 bits per heavy atom. The number of hydrogen-bond donors (Lipinski definition) is 6. The third kappa shape index (κ3) is 17.2. The first-order valence-corrected chi connectivity index (χ1v) is 23.8. The molecule has 1 aliphatic rings. The van der Waals surface area contributed by atoms with Gasteiger partial charge < -0.3 is 41.5 Å². The van der Waals surface area contributed by atoms with E-state index in [9.17, 15) is 48.9 Å². The van der Waals surface area contributed by atoms with E-state index in [-0.39, 0.29) is 59.8 Å². The van der Waals surface area contributed by atoms with Gasteiger partial charge in [0.15, 0.2) is 11.6 Å². The van der Waals surface area contributed by atoms with Crippen molar-refractivity contribution in [3.63, 3.8) is 0 Å². The summed E-state index contributed by atoms with van der Waals surface area (Å²) in [5.74, 6) is -5.73. The molecule has 0 aromatic heterocycles. The van der Waals surface area contributed by atoms with Crippen LogP contribution >= 0.6 is 0 Å². The highest BCUT2D eigenvalue weighted by molar-refractivity contribution is 5.96. The summed E-state index contributed by atoms with van der Waals surface area (Å²) < 4.78 is 0. The van der Waals surface area contributed by atoms with E-state index in [0.29, 0.717) is 31.4 Å². The summed E-state index contributed by atoms with van der Waals surface area (Å²) in [6.07, 6.45) is 15.4. The lowest BCUT2D eigenvalue weighted by atomic mass is 9.89. The van der Waals surface area contributed by atoms with E-state index in [1.807, 2.05) is 0 Å². The standard InChI is InChI=1S/C50H75N5O10/c1-6-7-8-9-10-11-12-13-14-15-16-17-18-21-45(60)54(4)40(20-19-28-51)49(63)52-34(3)41(56)26-27-46(61)55(5)47-36-23-25-43(58)38(32-36)37-30-35(22-24-42(37)57)31-39(50(64)65)53-48(62)33(2)29-44(47)59/h22-25,30,32-34,39-40,47,57-58H,6-21,26-29,31,51H2,1-5H3,(H,52,63)(H,53,62)(H,64,65)/t33-,34-,39+,40-,47+/m1/s1. The SMILES string of the molecule is CCCCCCCCCCCCCCCC(=O)N(C)[C@H](CCCN)C(=O)N[C@H](C)C(=O)CCC(=O)N(C)[C@@H]1C(=O)C[C@@H](C)C(=O)N[C@H](C(=O)O)Cc2ccc(O)c(c2)-c2cc1ccc2O. The van der Waals surface area contributed by atoms with Crippen molar-refractivity contribution in [2.45, 2.75) is 173 Å². The lowest BCUT2D eigenvalue weighted by molar-refractivity contribution is -0.143. The minimum absolute atomic E-state index is 0.123. The molecular formula is C50H75N5O10. The van der Waals surface area contributed by atoms with Gasteiger partial charge in [0.05, 0.1) is 6.04 Å². The Morgan fingerprint density at radius 3 is 1.92 bits per heavy atom. The number of aromatic hydroxyl groups is 2. The molecule has 0 fully saturated rings. The second kappa shape index (κ2) is 27.9. The van der Waals surface area contributed by atoms with E-state index >= 15 is 0 Å². The molecule has 2 aromatic carbocycles. The Bertz CT molecular complexity index is 1920. The fourth-order valence-corrected chi connectivity index (χ4v) is 8.36. The van der Waals surface area contributed by atoms with Crippen LogP contribution in [-0.2, 0) is 40.0 Å². The van der Waals surface area contributed by atoms with Crippen molar-refractivity contribution in [1.82, 2.24) is 20.4 Å². The molecule has 0 saturated carbocycles. The average molecular weight is 906 g/mol. The Balaban J connectivity index is 1.63. The molecule has 0 unspecified atom stereocenters. The van der Waals surface area contributed by atoms with Crippen molar-refractivity contribution in [3.8, 4) is 22.6 Å².